The molecule has 2 aromatic heterocycles. The fourth-order valence-electron chi connectivity index (χ4n) is 4.82. The van der Waals surface area contributed by atoms with Crippen molar-refractivity contribution in [2.75, 3.05) is 19.6 Å². The average Bonchev–Trinajstić information content (AvgIpc) is 3.45. The van der Waals surface area contributed by atoms with Crippen molar-refractivity contribution in [1.82, 2.24) is 20.0 Å². The van der Waals surface area contributed by atoms with Gasteiger partial charge in [0, 0.05) is 37.3 Å². The predicted octanol–water partition coefficient (Wildman–Crippen LogP) is 4.07. The first-order valence-electron chi connectivity index (χ1n) is 11.3. The highest BCUT2D eigenvalue weighted by atomic mass is 32.1. The highest BCUT2D eigenvalue weighted by Gasteiger charge is 2.32. The van der Waals surface area contributed by atoms with E-state index < -0.39 is 0 Å². The summed E-state index contributed by atoms with van der Waals surface area (Å²) in [5.41, 5.74) is 4.73. The van der Waals surface area contributed by atoms with E-state index in [1.807, 2.05) is 34.2 Å². The van der Waals surface area contributed by atoms with Gasteiger partial charge in [-0.3, -0.25) is 14.7 Å². The van der Waals surface area contributed by atoms with E-state index in [4.69, 9.17) is 0 Å². The Bertz CT molecular complexity index is 1110. The summed E-state index contributed by atoms with van der Waals surface area (Å²) in [6.07, 6.45) is 3.79. The van der Waals surface area contributed by atoms with E-state index in [9.17, 15) is 9.59 Å². The summed E-state index contributed by atoms with van der Waals surface area (Å²) in [6, 6.07) is 12.6. The minimum absolute atomic E-state index is 0.0118. The fraction of sp³-hybridized carbons (Fsp3) is 0.400. The van der Waals surface area contributed by atoms with E-state index in [1.165, 1.54) is 16.9 Å². The Kier molecular flexibility index (Phi) is 5.83. The average molecular weight is 449 g/mol. The molecule has 2 amide bonds. The van der Waals surface area contributed by atoms with Crippen molar-refractivity contribution < 1.29 is 9.59 Å². The number of rotatable bonds is 4. The summed E-state index contributed by atoms with van der Waals surface area (Å²) in [7, 11) is 0. The molecular weight excluding hydrogens is 420 g/mol. The van der Waals surface area contributed by atoms with Crippen molar-refractivity contribution in [2.24, 2.45) is 5.92 Å². The van der Waals surface area contributed by atoms with Crippen LogP contribution in [0, 0.1) is 12.8 Å². The monoisotopic (exact) mass is 448 g/mol. The molecule has 0 unspecified atom stereocenters. The van der Waals surface area contributed by atoms with Crippen LogP contribution in [-0.4, -0.2) is 51.4 Å². The molecule has 1 N–H and O–H groups in total. The van der Waals surface area contributed by atoms with E-state index >= 15 is 0 Å². The lowest BCUT2D eigenvalue weighted by Crippen LogP contribution is -2.40. The lowest BCUT2D eigenvalue weighted by molar-refractivity contribution is 0.0671. The zero-order valence-electron chi connectivity index (χ0n) is 18.3. The molecule has 6 nitrogen and oxygen atoms in total. The highest BCUT2D eigenvalue weighted by molar-refractivity contribution is 7.12. The summed E-state index contributed by atoms with van der Waals surface area (Å²) in [5, 5.41) is 9.39. The highest BCUT2D eigenvalue weighted by Crippen LogP contribution is 2.27. The number of thiophene rings is 1. The summed E-state index contributed by atoms with van der Waals surface area (Å²) < 4.78 is 0. The number of likely N-dealkylation sites (tertiary alicyclic amines) is 1. The first kappa shape index (κ1) is 20.9. The first-order valence-corrected chi connectivity index (χ1v) is 12.2. The van der Waals surface area contributed by atoms with Gasteiger partial charge in [0.25, 0.3) is 11.8 Å². The van der Waals surface area contributed by atoms with Crippen LogP contribution in [0.2, 0.25) is 0 Å². The molecule has 1 saturated heterocycles. The maximum absolute atomic E-state index is 13.3. The SMILES string of the molecule is Cc1ccsc1C(=O)N1CCc2[nH]nc(C(=O)N3CCC(Cc4ccccc4)CC3)c2C1. The number of benzene rings is 1. The predicted molar refractivity (Wildman–Crippen MR) is 125 cm³/mol. The molecule has 0 radical (unpaired) electrons. The van der Waals surface area contributed by atoms with Gasteiger partial charge in [-0.1, -0.05) is 30.3 Å². The van der Waals surface area contributed by atoms with Gasteiger partial charge in [0.05, 0.1) is 11.4 Å². The van der Waals surface area contributed by atoms with Gasteiger partial charge >= 0.3 is 0 Å². The van der Waals surface area contributed by atoms with Crippen LogP contribution >= 0.6 is 11.3 Å². The minimum Gasteiger partial charge on any atom is -0.337 e. The number of aromatic amines is 1. The Labute approximate surface area is 192 Å². The van der Waals surface area contributed by atoms with Crippen molar-refractivity contribution in [3.63, 3.8) is 0 Å². The minimum atomic E-state index is -0.0118. The van der Waals surface area contributed by atoms with Gasteiger partial charge in [0.2, 0.25) is 0 Å². The number of aryl methyl sites for hydroxylation is 1. The van der Waals surface area contributed by atoms with Crippen LogP contribution in [0.1, 0.15) is 55.4 Å². The van der Waals surface area contributed by atoms with Crippen molar-refractivity contribution in [1.29, 1.82) is 0 Å². The van der Waals surface area contributed by atoms with Crippen LogP contribution in [0.3, 0.4) is 0 Å². The van der Waals surface area contributed by atoms with Crippen LogP contribution in [-0.2, 0) is 19.4 Å². The Balaban J connectivity index is 1.24. The number of carbonyl (C=O) groups is 2. The summed E-state index contributed by atoms with van der Waals surface area (Å²) in [5.74, 6) is 0.642. The van der Waals surface area contributed by atoms with E-state index in [-0.39, 0.29) is 11.8 Å². The van der Waals surface area contributed by atoms with Crippen molar-refractivity contribution in [3.05, 3.63) is 74.7 Å². The third-order valence-electron chi connectivity index (χ3n) is 6.75. The Hall–Kier alpha value is -2.93. The van der Waals surface area contributed by atoms with Gasteiger partial charge in [-0.2, -0.15) is 5.10 Å². The molecule has 2 aliphatic rings. The number of piperidine rings is 1. The normalized spacial score (nSPS) is 16.8. The standard InChI is InChI=1S/C25H28N4O2S/c1-17-10-14-32-23(17)25(31)29-13-9-21-20(16-29)22(27-26-21)24(30)28-11-7-19(8-12-28)15-18-5-3-2-4-6-18/h2-6,10,14,19H,7-9,11-13,15-16H2,1H3,(H,26,27). The quantitative estimate of drug-likeness (QED) is 0.654. The molecule has 0 atom stereocenters. The number of nitrogens with one attached hydrogen (secondary N) is 1. The van der Waals surface area contributed by atoms with Crippen LogP contribution in [0.15, 0.2) is 41.8 Å². The first-order chi connectivity index (χ1) is 15.6. The van der Waals surface area contributed by atoms with Gasteiger partial charge in [0.1, 0.15) is 0 Å². The third-order valence-corrected chi connectivity index (χ3v) is 7.75. The van der Waals surface area contributed by atoms with E-state index in [0.717, 1.165) is 54.0 Å². The zero-order chi connectivity index (χ0) is 22.1. The lowest BCUT2D eigenvalue weighted by atomic mass is 9.90. The maximum atomic E-state index is 13.3. The molecule has 0 spiro atoms. The molecule has 32 heavy (non-hydrogen) atoms. The van der Waals surface area contributed by atoms with E-state index in [0.29, 0.717) is 31.1 Å². The smallest absolute Gasteiger partial charge is 0.274 e. The fourth-order valence-corrected chi connectivity index (χ4v) is 5.71. The number of amides is 2. The number of aromatic nitrogens is 2. The number of hydrogen-bond acceptors (Lipinski definition) is 4. The third kappa shape index (κ3) is 4.09. The molecule has 4 heterocycles. The molecule has 0 bridgehead atoms. The van der Waals surface area contributed by atoms with E-state index in [2.05, 4.69) is 34.5 Å². The second-order valence-electron chi connectivity index (χ2n) is 8.86. The van der Waals surface area contributed by atoms with Gasteiger partial charge in [-0.05, 0) is 54.7 Å². The zero-order valence-corrected chi connectivity index (χ0v) is 19.2. The molecular formula is C25H28N4O2S. The molecule has 5 rings (SSSR count). The van der Waals surface area contributed by atoms with Gasteiger partial charge in [0.15, 0.2) is 5.69 Å². The number of nitrogens with zero attached hydrogens (tertiary/aromatic N) is 3. The summed E-state index contributed by atoms with van der Waals surface area (Å²) in [4.78, 5) is 30.9. The van der Waals surface area contributed by atoms with Crippen LogP contribution in [0.5, 0.6) is 0 Å². The number of H-pyrrole nitrogens is 1. The maximum Gasteiger partial charge on any atom is 0.274 e. The molecule has 0 aliphatic carbocycles. The lowest BCUT2D eigenvalue weighted by Gasteiger charge is -2.32. The topological polar surface area (TPSA) is 69.3 Å². The largest absolute Gasteiger partial charge is 0.337 e. The summed E-state index contributed by atoms with van der Waals surface area (Å²) >= 11 is 1.48. The van der Waals surface area contributed by atoms with Crippen LogP contribution in [0.25, 0.3) is 0 Å². The second kappa shape index (κ2) is 8.90. The van der Waals surface area contributed by atoms with Gasteiger partial charge in [-0.15, -0.1) is 11.3 Å². The van der Waals surface area contributed by atoms with E-state index in [1.54, 1.807) is 0 Å². The summed E-state index contributed by atoms with van der Waals surface area (Å²) in [6.45, 7) is 4.56. The Morgan fingerprint density at radius 3 is 2.56 bits per heavy atom. The number of carbonyl (C=O) groups excluding carboxylic acids is 2. The molecule has 3 aromatic rings. The molecule has 1 aromatic carbocycles. The van der Waals surface area contributed by atoms with Gasteiger partial charge in [-0.25, -0.2) is 0 Å². The number of hydrogen-bond donors (Lipinski definition) is 1. The molecule has 7 heteroatoms. The van der Waals surface area contributed by atoms with Crippen molar-refractivity contribution in [3.8, 4) is 0 Å². The molecule has 2 aliphatic heterocycles. The Morgan fingerprint density at radius 2 is 1.84 bits per heavy atom. The molecule has 166 valence electrons. The molecule has 0 saturated carbocycles. The van der Waals surface area contributed by atoms with Gasteiger partial charge < -0.3 is 9.80 Å². The van der Waals surface area contributed by atoms with Crippen LogP contribution < -0.4 is 0 Å². The second-order valence-corrected chi connectivity index (χ2v) is 9.78. The van der Waals surface area contributed by atoms with Crippen molar-refractivity contribution >= 4 is 23.2 Å². The Morgan fingerprint density at radius 1 is 1.06 bits per heavy atom. The number of fused-ring (bicyclic) bond motifs is 1. The van der Waals surface area contributed by atoms with Crippen LogP contribution in [0.4, 0.5) is 0 Å². The molecule has 1 fully saturated rings. The van der Waals surface area contributed by atoms with Crippen molar-refractivity contribution in [2.45, 2.75) is 39.2 Å².